The van der Waals surface area contributed by atoms with Crippen molar-refractivity contribution in [2.75, 3.05) is 19.7 Å². The Morgan fingerprint density at radius 3 is 3.08 bits per heavy atom. The zero-order valence-corrected chi connectivity index (χ0v) is 7.88. The zero-order valence-electron chi connectivity index (χ0n) is 7.88. The molecule has 2 bridgehead atoms. The smallest absolute Gasteiger partial charge is 0.323 e. The van der Waals surface area contributed by atoms with Crippen molar-refractivity contribution in [1.82, 2.24) is 10.6 Å². The van der Waals surface area contributed by atoms with Crippen molar-refractivity contribution in [3.8, 4) is 0 Å². The number of fused-ring (bicyclic) bond motifs is 2. The van der Waals surface area contributed by atoms with E-state index in [2.05, 4.69) is 10.6 Å². The van der Waals surface area contributed by atoms with Gasteiger partial charge in [0.25, 0.3) is 0 Å². The lowest BCUT2D eigenvalue weighted by molar-refractivity contribution is -0.146. The topological polar surface area (TPSA) is 50.4 Å². The van der Waals surface area contributed by atoms with E-state index in [0.29, 0.717) is 18.6 Å². The van der Waals surface area contributed by atoms with Gasteiger partial charge in [-0.05, 0) is 19.3 Å². The minimum absolute atomic E-state index is 0.0695. The van der Waals surface area contributed by atoms with E-state index in [9.17, 15) is 4.79 Å². The average Bonchev–Trinajstić information content (AvgIpc) is 2.42. The van der Waals surface area contributed by atoms with Crippen molar-refractivity contribution >= 4 is 5.97 Å². The van der Waals surface area contributed by atoms with Gasteiger partial charge in [0, 0.05) is 19.1 Å². The second-order valence-corrected chi connectivity index (χ2v) is 3.75. The number of rotatable bonds is 2. The molecule has 2 rings (SSSR count). The van der Waals surface area contributed by atoms with Crippen molar-refractivity contribution in [2.24, 2.45) is 5.92 Å². The molecule has 0 radical (unpaired) electrons. The van der Waals surface area contributed by atoms with E-state index in [4.69, 9.17) is 4.74 Å². The molecule has 4 heteroatoms. The first-order chi connectivity index (χ1) is 6.31. The maximum Gasteiger partial charge on any atom is 0.323 e. The molecular formula is C9H16N2O2. The summed E-state index contributed by atoms with van der Waals surface area (Å²) in [6, 6.07) is 0.396. The van der Waals surface area contributed by atoms with E-state index >= 15 is 0 Å². The van der Waals surface area contributed by atoms with Crippen LogP contribution in [0.3, 0.4) is 0 Å². The van der Waals surface area contributed by atoms with Gasteiger partial charge in [0.15, 0.2) is 0 Å². The fourth-order valence-electron chi connectivity index (χ4n) is 2.24. The van der Waals surface area contributed by atoms with Crippen molar-refractivity contribution in [2.45, 2.75) is 25.4 Å². The fourth-order valence-corrected chi connectivity index (χ4v) is 2.24. The maximum atomic E-state index is 11.5. The number of piperidine rings is 1. The Labute approximate surface area is 78.0 Å². The minimum Gasteiger partial charge on any atom is -0.465 e. The number of carbonyl (C=O) groups excluding carboxylic acids is 1. The lowest BCUT2D eigenvalue weighted by atomic mass is 9.96. The third-order valence-electron chi connectivity index (χ3n) is 2.81. The van der Waals surface area contributed by atoms with Gasteiger partial charge in [0.05, 0.1) is 6.61 Å². The van der Waals surface area contributed by atoms with Gasteiger partial charge in [-0.25, -0.2) is 0 Å². The Hall–Kier alpha value is -0.610. The molecule has 2 aliphatic rings. The molecule has 2 fully saturated rings. The van der Waals surface area contributed by atoms with E-state index in [1.165, 1.54) is 0 Å². The Balaban J connectivity index is 1.96. The monoisotopic (exact) mass is 184 g/mol. The number of carbonyl (C=O) groups is 1. The first-order valence-corrected chi connectivity index (χ1v) is 4.94. The molecule has 2 aliphatic heterocycles. The predicted octanol–water partition coefficient (Wildman–Crippen LogP) is -0.501. The summed E-state index contributed by atoms with van der Waals surface area (Å²) in [6.45, 7) is 4.23. The van der Waals surface area contributed by atoms with E-state index in [-0.39, 0.29) is 12.0 Å². The van der Waals surface area contributed by atoms with Crippen LogP contribution in [0.25, 0.3) is 0 Å². The average molecular weight is 184 g/mol. The molecule has 0 aliphatic carbocycles. The molecule has 13 heavy (non-hydrogen) atoms. The van der Waals surface area contributed by atoms with Crippen molar-refractivity contribution in [3.05, 3.63) is 0 Å². The van der Waals surface area contributed by atoms with Crippen LogP contribution >= 0.6 is 0 Å². The number of hydrogen-bond acceptors (Lipinski definition) is 4. The molecule has 2 saturated heterocycles. The number of hydrogen-bond donors (Lipinski definition) is 2. The molecule has 0 aromatic carbocycles. The molecule has 3 atom stereocenters. The number of esters is 1. The fraction of sp³-hybridized carbons (Fsp3) is 0.889. The van der Waals surface area contributed by atoms with Crippen LogP contribution in [0.5, 0.6) is 0 Å². The first-order valence-electron chi connectivity index (χ1n) is 4.94. The van der Waals surface area contributed by atoms with Crippen LogP contribution in [0.4, 0.5) is 0 Å². The molecule has 0 aromatic rings. The highest BCUT2D eigenvalue weighted by Gasteiger charge is 2.41. The van der Waals surface area contributed by atoms with Gasteiger partial charge in [-0.2, -0.15) is 0 Å². The van der Waals surface area contributed by atoms with Gasteiger partial charge < -0.3 is 15.4 Å². The van der Waals surface area contributed by atoms with E-state index in [1.54, 1.807) is 0 Å². The molecular weight excluding hydrogens is 168 g/mol. The normalized spacial score (nSPS) is 37.5. The van der Waals surface area contributed by atoms with Crippen molar-refractivity contribution < 1.29 is 9.53 Å². The van der Waals surface area contributed by atoms with Crippen LogP contribution in [0.2, 0.25) is 0 Å². The highest BCUT2D eigenvalue weighted by atomic mass is 16.5. The summed E-state index contributed by atoms with van der Waals surface area (Å²) in [5.74, 6) is 0.344. The second kappa shape index (κ2) is 3.64. The summed E-state index contributed by atoms with van der Waals surface area (Å²) < 4.78 is 5.00. The number of ether oxygens (including phenoxy) is 1. The molecule has 0 amide bonds. The lowest BCUT2D eigenvalue weighted by Crippen LogP contribution is -2.39. The second-order valence-electron chi connectivity index (χ2n) is 3.75. The van der Waals surface area contributed by atoms with Crippen LogP contribution in [-0.2, 0) is 9.53 Å². The summed E-state index contributed by atoms with van der Waals surface area (Å²) in [5, 5.41) is 6.60. The Morgan fingerprint density at radius 2 is 2.38 bits per heavy atom. The highest BCUT2D eigenvalue weighted by molar-refractivity contribution is 5.76. The molecule has 2 heterocycles. The third kappa shape index (κ3) is 1.69. The molecule has 74 valence electrons. The van der Waals surface area contributed by atoms with Gasteiger partial charge in [-0.3, -0.25) is 4.79 Å². The Kier molecular flexibility index (Phi) is 2.51. The standard InChI is InChI=1S/C9H16N2O2/c1-2-13-9(12)8-6-3-7(11-8)5-10-4-6/h6-8,10-11H,2-5H2,1H3. The van der Waals surface area contributed by atoms with Crippen LogP contribution < -0.4 is 10.6 Å². The summed E-state index contributed by atoms with van der Waals surface area (Å²) in [7, 11) is 0. The van der Waals surface area contributed by atoms with Crippen LogP contribution in [0, 0.1) is 5.92 Å². The van der Waals surface area contributed by atoms with E-state index in [0.717, 1.165) is 19.5 Å². The van der Waals surface area contributed by atoms with E-state index < -0.39 is 0 Å². The molecule has 4 nitrogen and oxygen atoms in total. The van der Waals surface area contributed by atoms with Gasteiger partial charge in [0.1, 0.15) is 6.04 Å². The summed E-state index contributed by atoms with van der Waals surface area (Å²) in [6.07, 6.45) is 1.11. The van der Waals surface area contributed by atoms with Crippen molar-refractivity contribution in [3.63, 3.8) is 0 Å². The summed E-state index contributed by atoms with van der Waals surface area (Å²) >= 11 is 0. The maximum absolute atomic E-state index is 11.5. The Bertz CT molecular complexity index is 208. The van der Waals surface area contributed by atoms with Gasteiger partial charge >= 0.3 is 5.97 Å². The SMILES string of the molecule is CCOC(=O)C1NC2CNCC1C2. The Morgan fingerprint density at radius 1 is 1.54 bits per heavy atom. The first kappa shape index (κ1) is 8.97. The lowest BCUT2D eigenvalue weighted by Gasteiger charge is -2.19. The molecule has 0 saturated carbocycles. The zero-order chi connectivity index (χ0) is 9.26. The van der Waals surface area contributed by atoms with Gasteiger partial charge in [-0.15, -0.1) is 0 Å². The molecule has 0 aromatic heterocycles. The number of nitrogens with one attached hydrogen (secondary N) is 2. The quantitative estimate of drug-likeness (QED) is 0.568. The van der Waals surface area contributed by atoms with Crippen molar-refractivity contribution in [1.29, 1.82) is 0 Å². The van der Waals surface area contributed by atoms with E-state index in [1.807, 2.05) is 6.92 Å². The van der Waals surface area contributed by atoms with Crippen LogP contribution in [0.1, 0.15) is 13.3 Å². The molecule has 0 spiro atoms. The predicted molar refractivity (Wildman–Crippen MR) is 48.3 cm³/mol. The summed E-state index contributed by atoms with van der Waals surface area (Å²) in [4.78, 5) is 11.5. The summed E-state index contributed by atoms with van der Waals surface area (Å²) in [5.41, 5.74) is 0. The molecule has 3 unspecified atom stereocenters. The van der Waals surface area contributed by atoms with Crippen LogP contribution in [0.15, 0.2) is 0 Å². The molecule has 2 N–H and O–H groups in total. The third-order valence-corrected chi connectivity index (χ3v) is 2.81. The van der Waals surface area contributed by atoms with Crippen LogP contribution in [-0.4, -0.2) is 37.7 Å². The van der Waals surface area contributed by atoms with Gasteiger partial charge in [0.2, 0.25) is 0 Å². The van der Waals surface area contributed by atoms with Gasteiger partial charge in [-0.1, -0.05) is 0 Å². The largest absolute Gasteiger partial charge is 0.465 e. The highest BCUT2D eigenvalue weighted by Crippen LogP contribution is 2.23. The minimum atomic E-state index is -0.0845.